The van der Waals surface area contributed by atoms with Crippen LogP contribution in [-0.2, 0) is 15.8 Å². The SMILES string of the molecule is O=C1CCC(N2C(=O)c3cccc(NCCC4CCN(C[C@H]5CC[C@H](n6cc7cc(NC(=O)c8cccc(C(F)(F)F)n8)c(OC8CC8)cc7n6)CC5)CC4)c3C2=O)C(=O)N1. The van der Waals surface area contributed by atoms with Gasteiger partial charge in [0.05, 0.1) is 34.5 Å². The molecule has 3 aliphatic heterocycles. The van der Waals surface area contributed by atoms with Crippen molar-refractivity contribution in [2.24, 2.45) is 11.8 Å². The van der Waals surface area contributed by atoms with E-state index >= 15 is 0 Å². The second kappa shape index (κ2) is 16.6. The first-order valence-corrected chi connectivity index (χ1v) is 21.2. The lowest BCUT2D eigenvalue weighted by Crippen LogP contribution is -2.54. The van der Waals surface area contributed by atoms with Crippen molar-refractivity contribution < 1.29 is 41.9 Å². The van der Waals surface area contributed by atoms with Gasteiger partial charge < -0.3 is 20.3 Å². The molecule has 9 rings (SSSR count). The second-order valence-electron chi connectivity index (χ2n) is 17.0. The largest absolute Gasteiger partial charge is 0.488 e. The summed E-state index contributed by atoms with van der Waals surface area (Å²) in [5.74, 6) is -1.27. The minimum Gasteiger partial charge on any atom is -0.488 e. The van der Waals surface area contributed by atoms with Crippen LogP contribution in [0.25, 0.3) is 10.9 Å². The number of rotatable bonds is 12. The smallest absolute Gasteiger partial charge is 0.433 e. The number of halogens is 3. The summed E-state index contributed by atoms with van der Waals surface area (Å²) in [5, 5.41) is 14.1. The van der Waals surface area contributed by atoms with Crippen LogP contribution in [0.3, 0.4) is 0 Å². The van der Waals surface area contributed by atoms with Crippen molar-refractivity contribution in [3.63, 3.8) is 0 Å². The summed E-state index contributed by atoms with van der Waals surface area (Å²) >= 11 is 0. The zero-order chi connectivity index (χ0) is 42.4. The van der Waals surface area contributed by atoms with Gasteiger partial charge in [-0.3, -0.25) is 38.9 Å². The highest BCUT2D eigenvalue weighted by Crippen LogP contribution is 2.39. The normalized spacial score (nSPS) is 22.7. The maximum Gasteiger partial charge on any atom is 0.433 e. The summed E-state index contributed by atoms with van der Waals surface area (Å²) in [6.45, 7) is 3.76. The number of piperidine rings is 2. The Morgan fingerprint density at radius 3 is 2.38 bits per heavy atom. The Kier molecular flexibility index (Phi) is 11.0. The lowest BCUT2D eigenvalue weighted by Gasteiger charge is -2.36. The molecule has 5 aliphatic rings. The van der Waals surface area contributed by atoms with E-state index < -0.39 is 47.4 Å². The third kappa shape index (κ3) is 8.70. The van der Waals surface area contributed by atoms with Gasteiger partial charge >= 0.3 is 6.18 Å². The third-order valence-corrected chi connectivity index (χ3v) is 12.7. The maximum atomic E-state index is 13.4. The quantitative estimate of drug-likeness (QED) is 0.133. The average Bonchev–Trinajstić information content (AvgIpc) is 3.91. The fourth-order valence-electron chi connectivity index (χ4n) is 9.21. The number of fused-ring (bicyclic) bond motifs is 2. The Balaban J connectivity index is 0.746. The van der Waals surface area contributed by atoms with Crippen LogP contribution < -0.4 is 20.7 Å². The fraction of sp³-hybridized carbons (Fsp3) is 0.477. The number of likely N-dealkylation sites (tertiary alicyclic amines) is 1. The first-order chi connectivity index (χ1) is 29.4. The van der Waals surface area contributed by atoms with Crippen LogP contribution in [0.1, 0.15) is 114 Å². The topological polar surface area (TPSA) is 168 Å². The molecule has 5 amide bonds. The molecule has 320 valence electrons. The highest BCUT2D eigenvalue weighted by molar-refractivity contribution is 6.25. The molecule has 2 aromatic heterocycles. The number of benzene rings is 2. The Morgan fingerprint density at radius 2 is 1.64 bits per heavy atom. The molecule has 2 aromatic carbocycles. The Morgan fingerprint density at radius 1 is 0.869 bits per heavy atom. The van der Waals surface area contributed by atoms with Crippen LogP contribution in [0.15, 0.2) is 54.7 Å². The zero-order valence-corrected chi connectivity index (χ0v) is 33.5. The summed E-state index contributed by atoms with van der Waals surface area (Å²) in [6, 6.07) is 11.2. The molecule has 14 nitrogen and oxygen atoms in total. The van der Waals surface area contributed by atoms with Crippen molar-refractivity contribution in [1.29, 1.82) is 0 Å². The number of nitrogens with zero attached hydrogens (tertiary/aromatic N) is 5. The van der Waals surface area contributed by atoms with Crippen LogP contribution in [0.4, 0.5) is 24.5 Å². The van der Waals surface area contributed by atoms with E-state index in [-0.39, 0.29) is 41.8 Å². The molecule has 0 bridgehead atoms. The van der Waals surface area contributed by atoms with Gasteiger partial charge in [-0.15, -0.1) is 0 Å². The number of aromatic nitrogens is 3. The van der Waals surface area contributed by atoms with Crippen molar-refractivity contribution in [3.8, 4) is 5.75 Å². The van der Waals surface area contributed by atoms with Crippen molar-refractivity contribution in [1.82, 2.24) is 29.9 Å². The molecule has 0 spiro atoms. The maximum absolute atomic E-state index is 13.4. The summed E-state index contributed by atoms with van der Waals surface area (Å²) < 4.78 is 47.9. The number of carbonyl (C=O) groups excluding carboxylic acids is 5. The number of hydrogen-bond donors (Lipinski definition) is 3. The number of nitrogens with one attached hydrogen (secondary N) is 3. The molecule has 2 saturated carbocycles. The lowest BCUT2D eigenvalue weighted by atomic mass is 9.85. The van der Waals surface area contributed by atoms with Gasteiger partial charge in [-0.05, 0) is 119 Å². The first-order valence-electron chi connectivity index (χ1n) is 21.2. The van der Waals surface area contributed by atoms with E-state index in [9.17, 15) is 37.1 Å². The van der Waals surface area contributed by atoms with Gasteiger partial charge in [0.25, 0.3) is 17.7 Å². The number of imide groups is 2. The Hall–Kier alpha value is -5.84. The van der Waals surface area contributed by atoms with Crippen molar-refractivity contribution in [2.45, 2.75) is 95.0 Å². The predicted octanol–water partition coefficient (Wildman–Crippen LogP) is 6.59. The van der Waals surface area contributed by atoms with E-state index in [4.69, 9.17) is 9.84 Å². The van der Waals surface area contributed by atoms with Gasteiger partial charge in [0, 0.05) is 42.8 Å². The van der Waals surface area contributed by atoms with E-state index in [1.807, 2.05) is 10.9 Å². The summed E-state index contributed by atoms with van der Waals surface area (Å²) in [4.78, 5) is 70.9. The standard InChI is InChI=1S/C44H47F3N8O6/c45-44(46,47)37-6-2-5-32(49-37)40(57)50-34-21-27-24-54(52-33(27)22-36(34)61-29-11-12-29)28-9-7-26(8-10-28)23-53-19-16-25(17-20-53)15-18-48-31-4-1-3-30-39(31)43(60)55(42(30)59)35-13-14-38(56)51-41(35)58/h1-6,21-22,24-26,28-29,35,48H,7-20,23H2,(H,50,57)(H,51,56,58)/t26-,28-,35?. The van der Waals surface area contributed by atoms with Gasteiger partial charge in [-0.2, -0.15) is 18.3 Å². The zero-order valence-electron chi connectivity index (χ0n) is 33.5. The van der Waals surface area contributed by atoms with Crippen LogP contribution >= 0.6 is 0 Å². The number of hydrogen-bond acceptors (Lipinski definition) is 10. The van der Waals surface area contributed by atoms with Gasteiger partial charge in [0.1, 0.15) is 23.2 Å². The van der Waals surface area contributed by atoms with Crippen LogP contribution in [0.2, 0.25) is 0 Å². The molecular formula is C44H47F3N8O6. The molecule has 17 heteroatoms. The highest BCUT2D eigenvalue weighted by Gasteiger charge is 2.45. The van der Waals surface area contributed by atoms with Crippen molar-refractivity contribution in [2.75, 3.05) is 36.8 Å². The lowest BCUT2D eigenvalue weighted by molar-refractivity contribution is -0.141. The third-order valence-electron chi connectivity index (χ3n) is 12.7. The van der Waals surface area contributed by atoms with Crippen molar-refractivity contribution in [3.05, 3.63) is 77.2 Å². The van der Waals surface area contributed by atoms with E-state index in [0.717, 1.165) is 105 Å². The summed E-state index contributed by atoms with van der Waals surface area (Å²) in [7, 11) is 0. The van der Waals surface area contributed by atoms with Crippen molar-refractivity contribution >= 4 is 51.8 Å². The minimum absolute atomic E-state index is 0.0193. The molecule has 0 radical (unpaired) electrons. The molecule has 2 aliphatic carbocycles. The summed E-state index contributed by atoms with van der Waals surface area (Å²) in [5.41, 5.74) is 0.737. The number of anilines is 2. The molecule has 4 aromatic rings. The molecule has 4 fully saturated rings. The van der Waals surface area contributed by atoms with E-state index in [2.05, 4.69) is 25.8 Å². The Bertz CT molecular complexity index is 2380. The molecule has 61 heavy (non-hydrogen) atoms. The minimum atomic E-state index is -4.67. The fourth-order valence-corrected chi connectivity index (χ4v) is 9.21. The van der Waals surface area contributed by atoms with Crippen LogP contribution in [-0.4, -0.2) is 92.4 Å². The van der Waals surface area contributed by atoms with E-state index in [0.29, 0.717) is 35.5 Å². The van der Waals surface area contributed by atoms with Crippen LogP contribution in [0.5, 0.6) is 5.75 Å². The average molecular weight is 841 g/mol. The monoisotopic (exact) mass is 840 g/mol. The number of alkyl halides is 3. The molecular weight excluding hydrogens is 794 g/mol. The van der Waals surface area contributed by atoms with Gasteiger partial charge in [-0.1, -0.05) is 12.1 Å². The number of amides is 5. The van der Waals surface area contributed by atoms with Crippen LogP contribution in [0, 0.1) is 11.8 Å². The number of ether oxygens (including phenoxy) is 1. The highest BCUT2D eigenvalue weighted by atomic mass is 19.4. The number of pyridine rings is 1. The molecule has 1 unspecified atom stereocenters. The van der Waals surface area contributed by atoms with Gasteiger partial charge in [0.15, 0.2) is 0 Å². The van der Waals surface area contributed by atoms with E-state index in [1.165, 1.54) is 6.07 Å². The molecule has 2 saturated heterocycles. The molecule has 5 heterocycles. The summed E-state index contributed by atoms with van der Waals surface area (Å²) in [6.07, 6.45) is 6.49. The molecule has 3 N–H and O–H groups in total. The second-order valence-corrected chi connectivity index (χ2v) is 17.0. The first kappa shape index (κ1) is 40.6. The molecule has 1 atom stereocenters. The van der Waals surface area contributed by atoms with Gasteiger partial charge in [-0.25, -0.2) is 4.98 Å². The Labute approximate surface area is 349 Å². The number of carbonyl (C=O) groups is 5. The van der Waals surface area contributed by atoms with E-state index in [1.54, 1.807) is 30.3 Å². The van der Waals surface area contributed by atoms with Gasteiger partial charge in [0.2, 0.25) is 11.8 Å². The predicted molar refractivity (Wildman–Crippen MR) is 217 cm³/mol.